The molecule has 0 bridgehead atoms. The van der Waals surface area contributed by atoms with E-state index in [9.17, 15) is 9.59 Å². The van der Waals surface area contributed by atoms with Crippen LogP contribution < -0.4 is 0 Å². The third-order valence-electron chi connectivity index (χ3n) is 1.67. The van der Waals surface area contributed by atoms with Gasteiger partial charge >= 0.3 is 11.9 Å². The standard InChI is InChI=1S/C9H13NO2.C3H4O2/c1-8(9(11)12-2)6-4-3-5-7-10;1-2-3(4)5/h1,3-6H2,2H3;2H,1H2,(H,4,5). The molecule has 0 atom stereocenters. The first-order valence-electron chi connectivity index (χ1n) is 4.98. The molecule has 0 fully saturated rings. The van der Waals surface area contributed by atoms with E-state index in [0.29, 0.717) is 18.4 Å². The number of carbonyl (C=O) groups is 2. The zero-order valence-electron chi connectivity index (χ0n) is 9.94. The molecule has 17 heavy (non-hydrogen) atoms. The Hall–Kier alpha value is -2.09. The molecular formula is C12H17NO4. The van der Waals surface area contributed by atoms with Crippen molar-refractivity contribution >= 4 is 11.9 Å². The predicted molar refractivity (Wildman–Crippen MR) is 63.1 cm³/mol. The molecule has 0 heterocycles. The van der Waals surface area contributed by atoms with E-state index in [1.165, 1.54) is 7.11 Å². The summed E-state index contributed by atoms with van der Waals surface area (Å²) in [5.41, 5.74) is 0.482. The summed E-state index contributed by atoms with van der Waals surface area (Å²) >= 11 is 0. The lowest BCUT2D eigenvalue weighted by Gasteiger charge is -2.00. The average molecular weight is 239 g/mol. The number of carboxylic acids is 1. The van der Waals surface area contributed by atoms with Crippen molar-refractivity contribution in [3.05, 3.63) is 24.8 Å². The molecule has 5 nitrogen and oxygen atoms in total. The predicted octanol–water partition coefficient (Wildman–Crippen LogP) is 2.06. The summed E-state index contributed by atoms with van der Waals surface area (Å²) in [6.07, 6.45) is 3.62. The first-order chi connectivity index (χ1) is 7.99. The zero-order valence-corrected chi connectivity index (χ0v) is 9.94. The first kappa shape index (κ1) is 17.3. The Balaban J connectivity index is 0. The van der Waals surface area contributed by atoms with Crippen LogP contribution >= 0.6 is 0 Å². The van der Waals surface area contributed by atoms with Gasteiger partial charge < -0.3 is 9.84 Å². The monoisotopic (exact) mass is 239 g/mol. The maximum absolute atomic E-state index is 10.8. The lowest BCUT2D eigenvalue weighted by atomic mass is 10.1. The summed E-state index contributed by atoms with van der Waals surface area (Å²) in [4.78, 5) is 20.0. The molecule has 5 heteroatoms. The minimum Gasteiger partial charge on any atom is -0.478 e. The van der Waals surface area contributed by atoms with Gasteiger partial charge in [0.25, 0.3) is 0 Å². The van der Waals surface area contributed by atoms with Gasteiger partial charge in [0.15, 0.2) is 0 Å². The van der Waals surface area contributed by atoms with Crippen LogP contribution in [0, 0.1) is 11.3 Å². The maximum Gasteiger partial charge on any atom is 0.333 e. The van der Waals surface area contributed by atoms with E-state index in [1.807, 2.05) is 6.07 Å². The molecule has 94 valence electrons. The van der Waals surface area contributed by atoms with Gasteiger partial charge in [-0.2, -0.15) is 5.26 Å². The Bertz CT molecular complexity index is 315. The molecule has 1 N–H and O–H groups in total. The molecule has 0 saturated carbocycles. The van der Waals surface area contributed by atoms with Crippen LogP contribution in [-0.4, -0.2) is 24.2 Å². The molecule has 0 amide bonds. The summed E-state index contributed by atoms with van der Waals surface area (Å²) in [5.74, 6) is -1.34. The molecule has 0 saturated heterocycles. The fourth-order valence-corrected chi connectivity index (χ4v) is 0.789. The van der Waals surface area contributed by atoms with Crippen molar-refractivity contribution in [2.75, 3.05) is 7.11 Å². The van der Waals surface area contributed by atoms with Crippen molar-refractivity contribution in [2.45, 2.75) is 25.7 Å². The van der Waals surface area contributed by atoms with Crippen molar-refractivity contribution < 1.29 is 19.4 Å². The zero-order chi connectivity index (χ0) is 13.7. The lowest BCUT2D eigenvalue weighted by Crippen LogP contribution is -2.03. The highest BCUT2D eigenvalue weighted by atomic mass is 16.5. The number of esters is 1. The average Bonchev–Trinajstić information content (AvgIpc) is 2.33. The second-order valence-corrected chi connectivity index (χ2v) is 3.00. The van der Waals surface area contributed by atoms with Crippen LogP contribution in [0.15, 0.2) is 24.8 Å². The SMILES string of the molecule is C=C(CCCCC#N)C(=O)OC.C=CC(=O)O. The van der Waals surface area contributed by atoms with Crippen LogP contribution in [0.1, 0.15) is 25.7 Å². The maximum atomic E-state index is 10.8. The van der Waals surface area contributed by atoms with Crippen LogP contribution in [0.3, 0.4) is 0 Å². The molecule has 0 aromatic rings. The minimum absolute atomic E-state index is 0.355. The Kier molecular flexibility index (Phi) is 12.2. The van der Waals surface area contributed by atoms with Gasteiger partial charge in [-0.05, 0) is 19.3 Å². The van der Waals surface area contributed by atoms with Crippen molar-refractivity contribution in [1.29, 1.82) is 5.26 Å². The van der Waals surface area contributed by atoms with Crippen LogP contribution in [-0.2, 0) is 14.3 Å². The highest BCUT2D eigenvalue weighted by Crippen LogP contribution is 2.07. The van der Waals surface area contributed by atoms with Gasteiger partial charge in [0.1, 0.15) is 0 Å². The molecule has 0 aliphatic carbocycles. The van der Waals surface area contributed by atoms with Crippen LogP contribution in [0.4, 0.5) is 0 Å². The Morgan fingerprint density at radius 2 is 2.00 bits per heavy atom. The third-order valence-corrected chi connectivity index (χ3v) is 1.67. The van der Waals surface area contributed by atoms with E-state index < -0.39 is 5.97 Å². The highest BCUT2D eigenvalue weighted by Gasteiger charge is 2.04. The van der Waals surface area contributed by atoms with Crippen molar-refractivity contribution in [2.24, 2.45) is 0 Å². The lowest BCUT2D eigenvalue weighted by molar-refractivity contribution is -0.136. The van der Waals surface area contributed by atoms with Gasteiger partial charge in [0.2, 0.25) is 0 Å². The second kappa shape index (κ2) is 12.0. The number of nitrogens with zero attached hydrogens (tertiary/aromatic N) is 1. The van der Waals surface area contributed by atoms with Crippen LogP contribution in [0.25, 0.3) is 0 Å². The van der Waals surface area contributed by atoms with Gasteiger partial charge in [-0.1, -0.05) is 13.2 Å². The van der Waals surface area contributed by atoms with Crippen molar-refractivity contribution in [3.63, 3.8) is 0 Å². The molecule has 0 rings (SSSR count). The first-order valence-corrected chi connectivity index (χ1v) is 4.98. The fourth-order valence-electron chi connectivity index (χ4n) is 0.789. The van der Waals surface area contributed by atoms with Gasteiger partial charge in [0.05, 0.1) is 13.2 Å². The summed E-state index contributed by atoms with van der Waals surface area (Å²) in [6, 6.07) is 2.04. The van der Waals surface area contributed by atoms with Crippen LogP contribution in [0.5, 0.6) is 0 Å². The number of carbonyl (C=O) groups excluding carboxylic acids is 1. The number of hydrogen-bond acceptors (Lipinski definition) is 4. The van der Waals surface area contributed by atoms with Gasteiger partial charge in [-0.15, -0.1) is 0 Å². The molecular weight excluding hydrogens is 222 g/mol. The Morgan fingerprint density at radius 1 is 1.47 bits per heavy atom. The number of methoxy groups -OCH3 is 1. The molecule has 0 aliphatic heterocycles. The summed E-state index contributed by atoms with van der Waals surface area (Å²) in [7, 11) is 1.34. The molecule has 0 unspecified atom stereocenters. The Labute approximate surface area is 101 Å². The van der Waals surface area contributed by atoms with E-state index in [0.717, 1.165) is 18.9 Å². The van der Waals surface area contributed by atoms with Gasteiger partial charge in [-0.25, -0.2) is 9.59 Å². The number of aliphatic carboxylic acids is 1. The fraction of sp³-hybridized carbons (Fsp3) is 0.417. The second-order valence-electron chi connectivity index (χ2n) is 3.00. The number of hydrogen-bond donors (Lipinski definition) is 1. The van der Waals surface area contributed by atoms with E-state index in [4.69, 9.17) is 10.4 Å². The number of carboxylic acid groups (broad SMARTS) is 1. The quantitative estimate of drug-likeness (QED) is 0.435. The topological polar surface area (TPSA) is 87.4 Å². The normalized spacial score (nSPS) is 8.00. The molecule has 0 aromatic carbocycles. The number of rotatable bonds is 6. The molecule has 0 aromatic heterocycles. The van der Waals surface area contributed by atoms with Crippen LogP contribution in [0.2, 0.25) is 0 Å². The number of unbranched alkanes of at least 4 members (excludes halogenated alkanes) is 2. The summed E-state index contributed by atoms with van der Waals surface area (Å²) in [6.45, 7) is 6.53. The molecule has 0 aliphatic rings. The number of nitriles is 1. The largest absolute Gasteiger partial charge is 0.478 e. The van der Waals surface area contributed by atoms with Crippen molar-refractivity contribution in [1.82, 2.24) is 0 Å². The molecule has 0 radical (unpaired) electrons. The van der Waals surface area contributed by atoms with E-state index in [2.05, 4.69) is 17.9 Å². The van der Waals surface area contributed by atoms with E-state index in [1.54, 1.807) is 0 Å². The third kappa shape index (κ3) is 13.9. The van der Waals surface area contributed by atoms with Crippen molar-refractivity contribution in [3.8, 4) is 6.07 Å². The minimum atomic E-state index is -0.981. The summed E-state index contributed by atoms with van der Waals surface area (Å²) in [5, 5.41) is 15.8. The number of ether oxygens (including phenoxy) is 1. The van der Waals surface area contributed by atoms with Gasteiger partial charge in [0, 0.05) is 18.1 Å². The Morgan fingerprint density at radius 3 is 2.35 bits per heavy atom. The van der Waals surface area contributed by atoms with E-state index in [-0.39, 0.29) is 5.97 Å². The van der Waals surface area contributed by atoms with E-state index >= 15 is 0 Å². The molecule has 0 spiro atoms. The summed E-state index contributed by atoms with van der Waals surface area (Å²) < 4.78 is 4.47. The van der Waals surface area contributed by atoms with Gasteiger partial charge in [-0.3, -0.25) is 0 Å². The smallest absolute Gasteiger partial charge is 0.333 e. The highest BCUT2D eigenvalue weighted by molar-refractivity contribution is 5.87.